The highest BCUT2D eigenvalue weighted by molar-refractivity contribution is 5.70. The maximum absolute atomic E-state index is 12.5. The molecule has 6 nitrogen and oxygen atoms in total. The molecule has 1 saturated heterocycles. The summed E-state index contributed by atoms with van der Waals surface area (Å²) in [6, 6.07) is 17.5. The van der Waals surface area contributed by atoms with Gasteiger partial charge < -0.3 is 9.64 Å². The summed E-state index contributed by atoms with van der Waals surface area (Å²) in [7, 11) is 0. The summed E-state index contributed by atoms with van der Waals surface area (Å²) in [5.41, 5.74) is 3.34. The Morgan fingerprint density at radius 2 is 1.72 bits per heavy atom. The number of pyridine rings is 2. The highest BCUT2D eigenvalue weighted by atomic mass is 16.6. The van der Waals surface area contributed by atoms with Crippen molar-refractivity contribution < 1.29 is 9.53 Å². The second kappa shape index (κ2) is 9.30. The van der Waals surface area contributed by atoms with Gasteiger partial charge in [-0.15, -0.1) is 0 Å². The second-order valence-electron chi connectivity index (χ2n) is 7.13. The van der Waals surface area contributed by atoms with Crippen LogP contribution in [0.1, 0.15) is 16.8 Å². The highest BCUT2D eigenvalue weighted by Crippen LogP contribution is 2.16. The number of hydrogen-bond acceptors (Lipinski definition) is 5. The Balaban J connectivity index is 1.25. The lowest BCUT2D eigenvalue weighted by Crippen LogP contribution is -2.49. The van der Waals surface area contributed by atoms with Gasteiger partial charge in [-0.2, -0.15) is 0 Å². The van der Waals surface area contributed by atoms with E-state index in [0.29, 0.717) is 18.8 Å². The number of benzene rings is 1. The molecule has 3 aromatic rings. The van der Waals surface area contributed by atoms with Crippen LogP contribution in [0.5, 0.6) is 5.75 Å². The Bertz CT molecular complexity index is 909. The molecule has 0 radical (unpaired) electrons. The number of carbonyl (C=O) groups excluding carboxylic acids is 1. The van der Waals surface area contributed by atoms with Gasteiger partial charge >= 0.3 is 6.09 Å². The minimum Gasteiger partial charge on any atom is -0.410 e. The summed E-state index contributed by atoms with van der Waals surface area (Å²) >= 11 is 0. The molecule has 1 aliphatic heterocycles. The van der Waals surface area contributed by atoms with Gasteiger partial charge in [-0.05, 0) is 41.5 Å². The van der Waals surface area contributed by atoms with E-state index in [1.54, 1.807) is 17.3 Å². The van der Waals surface area contributed by atoms with E-state index in [4.69, 9.17) is 4.74 Å². The van der Waals surface area contributed by atoms with Crippen LogP contribution >= 0.6 is 0 Å². The molecule has 4 rings (SSSR count). The fourth-order valence-corrected chi connectivity index (χ4v) is 3.39. The predicted octanol–water partition coefficient (Wildman–Crippen LogP) is 3.38. The number of rotatable bonds is 5. The van der Waals surface area contributed by atoms with Gasteiger partial charge in [0.15, 0.2) is 0 Å². The first-order valence-electron chi connectivity index (χ1n) is 9.83. The molecule has 3 heterocycles. The third kappa shape index (κ3) is 5.39. The molecule has 0 aliphatic carbocycles. The summed E-state index contributed by atoms with van der Waals surface area (Å²) in [5, 5.41) is 0. The number of carbonyl (C=O) groups is 1. The fraction of sp³-hybridized carbons (Fsp3) is 0.261. The van der Waals surface area contributed by atoms with E-state index in [1.807, 2.05) is 54.7 Å². The summed E-state index contributed by atoms with van der Waals surface area (Å²) in [5.74, 6) is 0.567. The Morgan fingerprint density at radius 1 is 0.897 bits per heavy atom. The number of aromatic nitrogens is 2. The van der Waals surface area contributed by atoms with Gasteiger partial charge in [-0.25, -0.2) is 4.79 Å². The molecule has 0 atom stereocenters. The number of piperazine rings is 1. The molecule has 1 amide bonds. The molecule has 0 unspecified atom stereocenters. The Kier molecular flexibility index (Phi) is 6.12. The predicted molar refractivity (Wildman–Crippen MR) is 111 cm³/mol. The molecule has 0 saturated carbocycles. The first-order chi connectivity index (χ1) is 14.3. The molecule has 1 aliphatic rings. The van der Waals surface area contributed by atoms with E-state index in [9.17, 15) is 4.79 Å². The Morgan fingerprint density at radius 3 is 2.41 bits per heavy atom. The highest BCUT2D eigenvalue weighted by Gasteiger charge is 2.22. The monoisotopic (exact) mass is 388 g/mol. The molecule has 2 aromatic heterocycles. The average molecular weight is 388 g/mol. The van der Waals surface area contributed by atoms with Crippen LogP contribution in [-0.4, -0.2) is 52.0 Å². The third-order valence-corrected chi connectivity index (χ3v) is 5.00. The number of ether oxygens (including phenoxy) is 1. The van der Waals surface area contributed by atoms with Gasteiger partial charge in [0.05, 0.1) is 0 Å². The minimum atomic E-state index is -0.288. The number of nitrogens with zero attached hydrogens (tertiary/aromatic N) is 4. The van der Waals surface area contributed by atoms with Crippen molar-refractivity contribution in [1.29, 1.82) is 0 Å². The van der Waals surface area contributed by atoms with E-state index in [1.165, 1.54) is 5.56 Å². The Labute approximate surface area is 170 Å². The van der Waals surface area contributed by atoms with Crippen molar-refractivity contribution >= 4 is 6.09 Å². The summed E-state index contributed by atoms with van der Waals surface area (Å²) in [4.78, 5) is 25.1. The summed E-state index contributed by atoms with van der Waals surface area (Å²) < 4.78 is 5.56. The van der Waals surface area contributed by atoms with Gasteiger partial charge in [0.25, 0.3) is 0 Å². The van der Waals surface area contributed by atoms with Gasteiger partial charge in [0.2, 0.25) is 0 Å². The van der Waals surface area contributed by atoms with Gasteiger partial charge in [0, 0.05) is 63.4 Å². The smallest absolute Gasteiger partial charge is 0.410 e. The van der Waals surface area contributed by atoms with Crippen LogP contribution in [0.25, 0.3) is 0 Å². The van der Waals surface area contributed by atoms with Crippen LogP contribution in [0.2, 0.25) is 0 Å². The average Bonchev–Trinajstić information content (AvgIpc) is 2.77. The van der Waals surface area contributed by atoms with Crippen LogP contribution in [0, 0.1) is 0 Å². The van der Waals surface area contributed by atoms with Gasteiger partial charge in [0.1, 0.15) is 5.75 Å². The first kappa shape index (κ1) is 19.1. The SMILES string of the molecule is O=C(Oc1ccc(Cc2ccccn2)cc1)N1CCN(Cc2cccnc2)CC1. The first-order valence-corrected chi connectivity index (χ1v) is 9.83. The second-order valence-corrected chi connectivity index (χ2v) is 7.13. The molecule has 1 fully saturated rings. The third-order valence-electron chi connectivity index (χ3n) is 5.00. The molecular formula is C23H24N4O2. The van der Waals surface area contributed by atoms with Crippen molar-refractivity contribution in [1.82, 2.24) is 19.8 Å². The van der Waals surface area contributed by atoms with Crippen LogP contribution < -0.4 is 4.74 Å². The topological polar surface area (TPSA) is 58.6 Å². The normalized spacial score (nSPS) is 14.6. The van der Waals surface area contributed by atoms with Crippen molar-refractivity contribution in [3.8, 4) is 5.75 Å². The molecule has 1 aromatic carbocycles. The number of amides is 1. The van der Waals surface area contributed by atoms with E-state index in [-0.39, 0.29) is 6.09 Å². The molecular weight excluding hydrogens is 364 g/mol. The van der Waals surface area contributed by atoms with Crippen molar-refractivity contribution in [3.05, 3.63) is 90.0 Å². The lowest BCUT2D eigenvalue weighted by Gasteiger charge is -2.33. The molecule has 0 N–H and O–H groups in total. The maximum Gasteiger partial charge on any atom is 0.415 e. The molecule has 29 heavy (non-hydrogen) atoms. The maximum atomic E-state index is 12.5. The molecule has 0 spiro atoms. The van der Waals surface area contributed by atoms with Crippen molar-refractivity contribution in [3.63, 3.8) is 0 Å². The van der Waals surface area contributed by atoms with Crippen molar-refractivity contribution in [2.24, 2.45) is 0 Å². The standard InChI is InChI=1S/C23H24N4O2/c28-23(27-14-12-26(13-15-27)18-20-4-3-10-24-17-20)29-22-8-6-19(7-9-22)16-21-5-1-2-11-25-21/h1-11,17H,12-16,18H2. The zero-order valence-corrected chi connectivity index (χ0v) is 16.3. The van der Waals surface area contributed by atoms with E-state index >= 15 is 0 Å². The quantitative estimate of drug-likeness (QED) is 0.671. The number of hydrogen-bond donors (Lipinski definition) is 0. The van der Waals surface area contributed by atoms with Gasteiger partial charge in [-0.1, -0.05) is 24.3 Å². The zero-order valence-electron chi connectivity index (χ0n) is 16.3. The van der Waals surface area contributed by atoms with Crippen molar-refractivity contribution in [2.45, 2.75) is 13.0 Å². The van der Waals surface area contributed by atoms with Gasteiger partial charge in [-0.3, -0.25) is 14.9 Å². The van der Waals surface area contributed by atoms with Crippen molar-refractivity contribution in [2.75, 3.05) is 26.2 Å². The lowest BCUT2D eigenvalue weighted by atomic mass is 10.1. The van der Waals surface area contributed by atoms with E-state index in [2.05, 4.69) is 20.9 Å². The zero-order chi connectivity index (χ0) is 19.9. The largest absolute Gasteiger partial charge is 0.415 e. The molecule has 6 heteroatoms. The molecule has 148 valence electrons. The van der Waals surface area contributed by atoms with E-state index < -0.39 is 0 Å². The lowest BCUT2D eigenvalue weighted by molar-refractivity contribution is 0.108. The fourth-order valence-electron chi connectivity index (χ4n) is 3.39. The van der Waals surface area contributed by atoms with E-state index in [0.717, 1.165) is 37.3 Å². The van der Waals surface area contributed by atoms with Crippen LogP contribution in [0.4, 0.5) is 4.79 Å². The summed E-state index contributed by atoms with van der Waals surface area (Å²) in [6.45, 7) is 3.84. The van der Waals surface area contributed by atoms with Crippen LogP contribution in [0.3, 0.4) is 0 Å². The van der Waals surface area contributed by atoms with Crippen LogP contribution in [0.15, 0.2) is 73.2 Å². The summed E-state index contributed by atoms with van der Waals surface area (Å²) in [6.07, 6.45) is 5.93. The molecule has 0 bridgehead atoms. The minimum absolute atomic E-state index is 0.288. The Hall–Kier alpha value is -3.25. The van der Waals surface area contributed by atoms with Crippen LogP contribution in [-0.2, 0) is 13.0 Å².